The Kier molecular flexibility index (Phi) is 4.50. The molecule has 0 spiro atoms. The lowest BCUT2D eigenvalue weighted by molar-refractivity contribution is -0.0970. The van der Waals surface area contributed by atoms with Gasteiger partial charge in [-0.2, -0.15) is 0 Å². The van der Waals surface area contributed by atoms with E-state index in [2.05, 4.69) is 31.8 Å². The Balaban J connectivity index is 1.45. The van der Waals surface area contributed by atoms with E-state index in [1.807, 2.05) is 30.3 Å². The molecular weight excluding hydrogens is 356 g/mol. The third-order valence-electron chi connectivity index (χ3n) is 9.42. The van der Waals surface area contributed by atoms with Gasteiger partial charge in [-0.05, 0) is 86.7 Å². The molecule has 3 fully saturated rings. The van der Waals surface area contributed by atoms with Gasteiger partial charge in [-0.3, -0.25) is 0 Å². The molecule has 0 aliphatic heterocycles. The minimum atomic E-state index is -0.883. The van der Waals surface area contributed by atoms with Crippen LogP contribution in [-0.2, 0) is 0 Å². The van der Waals surface area contributed by atoms with Crippen LogP contribution in [0.2, 0.25) is 0 Å². The molecule has 4 aliphatic carbocycles. The second-order valence-electron chi connectivity index (χ2n) is 10.6. The number of fused-ring (bicyclic) bond motifs is 5. The first kappa shape index (κ1) is 19.4. The second-order valence-corrected chi connectivity index (χ2v) is 10.6. The Morgan fingerprint density at radius 3 is 2.52 bits per heavy atom. The molecule has 2 heteroatoms. The Labute approximate surface area is 175 Å². The van der Waals surface area contributed by atoms with Gasteiger partial charge < -0.3 is 10.2 Å². The average molecular weight is 391 g/mol. The Hall–Kier alpha value is -1.56. The molecule has 0 heterocycles. The van der Waals surface area contributed by atoms with Gasteiger partial charge in [0.15, 0.2) is 0 Å². The standard InChI is InChI=1S/C27H34O2/c1-25-14-11-21(28)18-20(25)8-9-22-23(25)12-15-26(2)24(22)13-17-27(26,29)16-10-19-6-4-3-5-7-19/h3-8,21-24,28-29H,9,11-15,17-18H2,1-2H3/t21-,22-,23+,24-,25+,26-,27+/m1/s1. The van der Waals surface area contributed by atoms with Crippen molar-refractivity contribution < 1.29 is 10.2 Å². The Morgan fingerprint density at radius 2 is 1.72 bits per heavy atom. The topological polar surface area (TPSA) is 40.5 Å². The summed E-state index contributed by atoms with van der Waals surface area (Å²) >= 11 is 0. The molecular formula is C27H34O2. The van der Waals surface area contributed by atoms with Crippen LogP contribution in [0.4, 0.5) is 0 Å². The molecule has 2 N–H and O–H groups in total. The van der Waals surface area contributed by atoms with Crippen molar-refractivity contribution in [3.63, 3.8) is 0 Å². The van der Waals surface area contributed by atoms with Crippen molar-refractivity contribution in [1.29, 1.82) is 0 Å². The van der Waals surface area contributed by atoms with Crippen LogP contribution in [-0.4, -0.2) is 21.9 Å². The molecule has 0 radical (unpaired) electrons. The van der Waals surface area contributed by atoms with E-state index in [1.54, 1.807) is 0 Å². The zero-order valence-corrected chi connectivity index (χ0v) is 17.8. The van der Waals surface area contributed by atoms with Gasteiger partial charge in [0.2, 0.25) is 0 Å². The fourth-order valence-electron chi connectivity index (χ4n) is 7.56. The van der Waals surface area contributed by atoms with Crippen LogP contribution in [0.25, 0.3) is 0 Å². The van der Waals surface area contributed by atoms with Gasteiger partial charge in [-0.15, -0.1) is 0 Å². The van der Waals surface area contributed by atoms with Crippen molar-refractivity contribution in [3.8, 4) is 11.8 Å². The van der Waals surface area contributed by atoms with Gasteiger partial charge in [-0.1, -0.05) is 55.5 Å². The lowest BCUT2D eigenvalue weighted by atomic mass is 9.47. The summed E-state index contributed by atoms with van der Waals surface area (Å²) in [7, 11) is 0. The molecule has 0 amide bonds. The smallest absolute Gasteiger partial charge is 0.131 e. The van der Waals surface area contributed by atoms with Crippen LogP contribution in [0.15, 0.2) is 42.0 Å². The average Bonchev–Trinajstić information content (AvgIpc) is 2.99. The van der Waals surface area contributed by atoms with Gasteiger partial charge in [-0.25, -0.2) is 0 Å². The van der Waals surface area contributed by atoms with Crippen molar-refractivity contribution in [3.05, 3.63) is 47.5 Å². The molecule has 0 bridgehead atoms. The summed E-state index contributed by atoms with van der Waals surface area (Å²) in [6.45, 7) is 4.77. The maximum absolute atomic E-state index is 11.7. The highest BCUT2D eigenvalue weighted by Gasteiger charge is 2.63. The number of benzene rings is 1. The molecule has 5 rings (SSSR count). The first-order chi connectivity index (χ1) is 13.9. The first-order valence-electron chi connectivity index (χ1n) is 11.5. The lowest BCUT2D eigenvalue weighted by Crippen LogP contribution is -2.54. The highest BCUT2D eigenvalue weighted by Crippen LogP contribution is 2.67. The molecule has 0 unspecified atom stereocenters. The summed E-state index contributed by atoms with van der Waals surface area (Å²) in [4.78, 5) is 0. The molecule has 29 heavy (non-hydrogen) atoms. The SMILES string of the molecule is C[C@]12CC[C@@H](O)CC1=CC[C@H]1[C@H]3CC[C@@](O)(C#Cc4ccccc4)[C@]3(C)CC[C@@H]12. The third kappa shape index (κ3) is 2.85. The van der Waals surface area contributed by atoms with Crippen LogP contribution in [0.3, 0.4) is 0 Å². The van der Waals surface area contributed by atoms with Crippen LogP contribution >= 0.6 is 0 Å². The van der Waals surface area contributed by atoms with Crippen LogP contribution < -0.4 is 0 Å². The van der Waals surface area contributed by atoms with Crippen molar-refractivity contribution in [2.45, 2.75) is 76.9 Å². The molecule has 154 valence electrons. The fraction of sp³-hybridized carbons (Fsp3) is 0.630. The lowest BCUT2D eigenvalue weighted by Gasteiger charge is -2.58. The number of aliphatic hydroxyl groups is 2. The highest BCUT2D eigenvalue weighted by molar-refractivity contribution is 5.38. The van der Waals surface area contributed by atoms with Gasteiger partial charge in [0.25, 0.3) is 0 Å². The molecule has 3 saturated carbocycles. The molecule has 7 atom stereocenters. The first-order valence-corrected chi connectivity index (χ1v) is 11.5. The number of allylic oxidation sites excluding steroid dienone is 1. The van der Waals surface area contributed by atoms with E-state index in [4.69, 9.17) is 0 Å². The van der Waals surface area contributed by atoms with E-state index in [-0.39, 0.29) is 16.9 Å². The third-order valence-corrected chi connectivity index (χ3v) is 9.42. The van der Waals surface area contributed by atoms with Crippen molar-refractivity contribution >= 4 is 0 Å². The number of rotatable bonds is 0. The molecule has 0 aromatic heterocycles. The van der Waals surface area contributed by atoms with Crippen LogP contribution in [0.1, 0.15) is 70.8 Å². The van der Waals surface area contributed by atoms with E-state index in [1.165, 1.54) is 12.0 Å². The maximum Gasteiger partial charge on any atom is 0.131 e. The van der Waals surface area contributed by atoms with Crippen molar-refractivity contribution in [2.75, 3.05) is 0 Å². The van der Waals surface area contributed by atoms with Gasteiger partial charge >= 0.3 is 0 Å². The molecule has 4 aliphatic rings. The number of hydrogen-bond donors (Lipinski definition) is 2. The quantitative estimate of drug-likeness (QED) is 0.478. The van der Waals surface area contributed by atoms with E-state index in [0.29, 0.717) is 17.8 Å². The normalized spacial score (nSPS) is 45.9. The van der Waals surface area contributed by atoms with Gasteiger partial charge in [0, 0.05) is 11.0 Å². The molecule has 0 saturated heterocycles. The minimum Gasteiger partial charge on any atom is -0.393 e. The van der Waals surface area contributed by atoms with Crippen LogP contribution in [0.5, 0.6) is 0 Å². The van der Waals surface area contributed by atoms with E-state index >= 15 is 0 Å². The largest absolute Gasteiger partial charge is 0.393 e. The van der Waals surface area contributed by atoms with Crippen LogP contribution in [0, 0.1) is 40.4 Å². The predicted molar refractivity (Wildman–Crippen MR) is 116 cm³/mol. The zero-order valence-electron chi connectivity index (χ0n) is 17.8. The highest BCUT2D eigenvalue weighted by atomic mass is 16.3. The predicted octanol–water partition coefficient (Wildman–Crippen LogP) is 5.09. The number of hydrogen-bond acceptors (Lipinski definition) is 2. The summed E-state index contributed by atoms with van der Waals surface area (Å²) in [5.74, 6) is 8.49. The van der Waals surface area contributed by atoms with Gasteiger partial charge in [0.1, 0.15) is 5.60 Å². The Morgan fingerprint density at radius 1 is 0.966 bits per heavy atom. The maximum atomic E-state index is 11.7. The summed E-state index contributed by atoms with van der Waals surface area (Å²) in [5, 5.41) is 21.9. The molecule has 1 aromatic rings. The Bertz CT molecular complexity index is 877. The fourth-order valence-corrected chi connectivity index (χ4v) is 7.56. The molecule has 2 nitrogen and oxygen atoms in total. The second kappa shape index (κ2) is 6.73. The van der Waals surface area contributed by atoms with E-state index in [0.717, 1.165) is 50.5 Å². The summed E-state index contributed by atoms with van der Waals surface area (Å²) in [6.07, 6.45) is 10.5. The summed E-state index contributed by atoms with van der Waals surface area (Å²) in [5.41, 5.74) is 1.75. The van der Waals surface area contributed by atoms with Gasteiger partial charge in [0.05, 0.1) is 6.10 Å². The van der Waals surface area contributed by atoms with E-state index < -0.39 is 5.60 Å². The zero-order chi connectivity index (χ0) is 20.3. The number of aliphatic hydroxyl groups excluding tert-OH is 1. The van der Waals surface area contributed by atoms with E-state index in [9.17, 15) is 10.2 Å². The summed E-state index contributed by atoms with van der Waals surface area (Å²) in [6, 6.07) is 10.1. The molecule has 1 aromatic carbocycles. The summed E-state index contributed by atoms with van der Waals surface area (Å²) < 4.78 is 0. The minimum absolute atomic E-state index is 0.119. The monoisotopic (exact) mass is 390 g/mol. The van der Waals surface area contributed by atoms with Crippen molar-refractivity contribution in [2.24, 2.45) is 28.6 Å². The van der Waals surface area contributed by atoms with Crippen molar-refractivity contribution in [1.82, 2.24) is 0 Å².